The number of aromatic nitrogens is 1. The normalized spacial score (nSPS) is 11.5. The smallest absolute Gasteiger partial charge is 0.230 e. The molecule has 0 saturated heterocycles. The summed E-state index contributed by atoms with van der Waals surface area (Å²) in [6, 6.07) is 7.08. The van der Waals surface area contributed by atoms with E-state index in [0.29, 0.717) is 22.2 Å². The Kier molecular flexibility index (Phi) is 4.33. The Hall–Kier alpha value is -2.27. The average Bonchev–Trinajstić information content (AvgIpc) is 2.42. The van der Waals surface area contributed by atoms with Gasteiger partial charge < -0.3 is 15.7 Å². The van der Waals surface area contributed by atoms with Gasteiger partial charge in [0, 0.05) is 10.7 Å². The number of halogens is 1. The van der Waals surface area contributed by atoms with Gasteiger partial charge in [0.15, 0.2) is 5.84 Å². The standard InChI is InChI=1S/C15H16ClN3O2/c1-8-6-11(16)7-9(2)13(8)21-15-12(14(17)19-20)5-4-10(3)18-15/h4-7,20H,1-3H3,(H2,17,19). The highest BCUT2D eigenvalue weighted by atomic mass is 35.5. The van der Waals surface area contributed by atoms with Gasteiger partial charge in [-0.3, -0.25) is 0 Å². The molecule has 0 aliphatic heterocycles. The summed E-state index contributed by atoms with van der Waals surface area (Å²) in [7, 11) is 0. The zero-order valence-corrected chi connectivity index (χ0v) is 12.8. The fourth-order valence-corrected chi connectivity index (χ4v) is 2.34. The van der Waals surface area contributed by atoms with Crippen LogP contribution in [0.3, 0.4) is 0 Å². The second-order valence-corrected chi connectivity index (χ2v) is 5.20. The molecule has 2 aromatic rings. The molecule has 0 spiro atoms. The largest absolute Gasteiger partial charge is 0.438 e. The number of amidine groups is 1. The number of benzene rings is 1. The highest BCUT2D eigenvalue weighted by molar-refractivity contribution is 6.30. The zero-order chi connectivity index (χ0) is 15.6. The van der Waals surface area contributed by atoms with Gasteiger partial charge in [0.2, 0.25) is 5.88 Å². The minimum Gasteiger partial charge on any atom is -0.438 e. The SMILES string of the molecule is Cc1ccc(C(N)=NO)c(Oc2c(C)cc(Cl)cc2C)n1. The summed E-state index contributed by atoms with van der Waals surface area (Å²) in [5.41, 5.74) is 8.62. The van der Waals surface area contributed by atoms with Crippen LogP contribution in [0.4, 0.5) is 0 Å². The predicted octanol–water partition coefficient (Wildman–Crippen LogP) is 3.55. The number of ether oxygens (including phenoxy) is 1. The van der Waals surface area contributed by atoms with Crippen molar-refractivity contribution in [2.75, 3.05) is 0 Å². The third-order valence-electron chi connectivity index (χ3n) is 3.01. The number of nitrogens with zero attached hydrogens (tertiary/aromatic N) is 2. The Labute approximate surface area is 128 Å². The summed E-state index contributed by atoms with van der Waals surface area (Å²) in [6.07, 6.45) is 0. The molecule has 2 rings (SSSR count). The van der Waals surface area contributed by atoms with Gasteiger partial charge in [0.25, 0.3) is 0 Å². The van der Waals surface area contributed by atoms with Crippen LogP contribution in [0.15, 0.2) is 29.4 Å². The van der Waals surface area contributed by atoms with E-state index in [1.165, 1.54) is 0 Å². The molecular weight excluding hydrogens is 290 g/mol. The summed E-state index contributed by atoms with van der Waals surface area (Å²) in [5, 5.41) is 12.5. The molecule has 1 aromatic heterocycles. The molecule has 0 radical (unpaired) electrons. The van der Waals surface area contributed by atoms with Crippen LogP contribution in [0.2, 0.25) is 5.02 Å². The summed E-state index contributed by atoms with van der Waals surface area (Å²) in [4.78, 5) is 4.31. The maximum Gasteiger partial charge on any atom is 0.230 e. The third-order valence-corrected chi connectivity index (χ3v) is 3.23. The van der Waals surface area contributed by atoms with Crippen molar-refractivity contribution in [1.29, 1.82) is 0 Å². The van der Waals surface area contributed by atoms with Crippen molar-refractivity contribution in [2.45, 2.75) is 20.8 Å². The molecule has 0 aliphatic rings. The van der Waals surface area contributed by atoms with Crippen LogP contribution in [-0.2, 0) is 0 Å². The molecule has 110 valence electrons. The lowest BCUT2D eigenvalue weighted by Crippen LogP contribution is -2.15. The fourth-order valence-electron chi connectivity index (χ4n) is 2.01. The highest BCUT2D eigenvalue weighted by Crippen LogP contribution is 2.32. The van der Waals surface area contributed by atoms with E-state index in [0.717, 1.165) is 16.8 Å². The van der Waals surface area contributed by atoms with Crippen LogP contribution in [0.1, 0.15) is 22.4 Å². The van der Waals surface area contributed by atoms with Gasteiger partial charge in [-0.2, -0.15) is 0 Å². The maximum atomic E-state index is 8.86. The van der Waals surface area contributed by atoms with Crippen LogP contribution in [-0.4, -0.2) is 16.0 Å². The molecule has 0 atom stereocenters. The van der Waals surface area contributed by atoms with E-state index < -0.39 is 0 Å². The lowest BCUT2D eigenvalue weighted by Gasteiger charge is -2.14. The van der Waals surface area contributed by atoms with Gasteiger partial charge in [0.1, 0.15) is 5.75 Å². The van der Waals surface area contributed by atoms with Crippen LogP contribution in [0, 0.1) is 20.8 Å². The van der Waals surface area contributed by atoms with Crippen molar-refractivity contribution in [3.8, 4) is 11.6 Å². The van der Waals surface area contributed by atoms with E-state index in [9.17, 15) is 0 Å². The highest BCUT2D eigenvalue weighted by Gasteiger charge is 2.14. The summed E-state index contributed by atoms with van der Waals surface area (Å²) < 4.78 is 5.89. The Morgan fingerprint density at radius 3 is 2.43 bits per heavy atom. The van der Waals surface area contributed by atoms with E-state index in [4.69, 9.17) is 27.3 Å². The summed E-state index contributed by atoms with van der Waals surface area (Å²) in [6.45, 7) is 5.63. The van der Waals surface area contributed by atoms with Crippen molar-refractivity contribution in [2.24, 2.45) is 10.9 Å². The number of oxime groups is 1. The minimum absolute atomic E-state index is 0.0539. The van der Waals surface area contributed by atoms with Gasteiger partial charge in [-0.1, -0.05) is 16.8 Å². The number of hydrogen-bond donors (Lipinski definition) is 2. The lowest BCUT2D eigenvalue weighted by atomic mass is 10.1. The molecule has 3 N–H and O–H groups in total. The van der Waals surface area contributed by atoms with Crippen LogP contribution >= 0.6 is 11.6 Å². The first kappa shape index (κ1) is 15.1. The Morgan fingerprint density at radius 1 is 1.24 bits per heavy atom. The lowest BCUT2D eigenvalue weighted by molar-refractivity contribution is 0.318. The summed E-state index contributed by atoms with van der Waals surface area (Å²) in [5.74, 6) is 0.894. The topological polar surface area (TPSA) is 80.7 Å². The second-order valence-electron chi connectivity index (χ2n) is 4.76. The Bertz CT molecular complexity index is 691. The first-order valence-electron chi connectivity index (χ1n) is 6.32. The molecule has 0 unspecified atom stereocenters. The average molecular weight is 306 g/mol. The van der Waals surface area contributed by atoms with Gasteiger partial charge >= 0.3 is 0 Å². The van der Waals surface area contributed by atoms with Gasteiger partial charge in [0.05, 0.1) is 5.56 Å². The molecule has 0 amide bonds. The number of hydrogen-bond acceptors (Lipinski definition) is 4. The molecule has 0 bridgehead atoms. The van der Waals surface area contributed by atoms with E-state index >= 15 is 0 Å². The van der Waals surface area contributed by atoms with Crippen molar-refractivity contribution >= 4 is 17.4 Å². The Morgan fingerprint density at radius 2 is 1.86 bits per heavy atom. The molecule has 0 aliphatic carbocycles. The molecule has 1 aromatic carbocycles. The van der Waals surface area contributed by atoms with E-state index in [-0.39, 0.29) is 5.84 Å². The maximum absolute atomic E-state index is 8.86. The molecule has 0 fully saturated rings. The van der Waals surface area contributed by atoms with Crippen molar-refractivity contribution < 1.29 is 9.94 Å². The van der Waals surface area contributed by atoms with Crippen LogP contribution in [0.5, 0.6) is 11.6 Å². The molecule has 0 saturated carbocycles. The Balaban J connectivity index is 2.52. The first-order valence-corrected chi connectivity index (χ1v) is 6.70. The van der Waals surface area contributed by atoms with Crippen LogP contribution < -0.4 is 10.5 Å². The third kappa shape index (κ3) is 3.25. The van der Waals surface area contributed by atoms with Crippen molar-refractivity contribution in [1.82, 2.24) is 4.98 Å². The van der Waals surface area contributed by atoms with E-state index in [1.807, 2.05) is 32.9 Å². The van der Waals surface area contributed by atoms with Gasteiger partial charge in [-0.25, -0.2) is 4.98 Å². The fraction of sp³-hybridized carbons (Fsp3) is 0.200. The quantitative estimate of drug-likeness (QED) is 0.393. The zero-order valence-electron chi connectivity index (χ0n) is 12.0. The second kappa shape index (κ2) is 6.01. The number of pyridine rings is 1. The molecule has 21 heavy (non-hydrogen) atoms. The van der Waals surface area contributed by atoms with Crippen molar-refractivity contribution in [3.05, 3.63) is 51.7 Å². The van der Waals surface area contributed by atoms with Crippen molar-refractivity contribution in [3.63, 3.8) is 0 Å². The number of aryl methyl sites for hydroxylation is 3. The van der Waals surface area contributed by atoms with Gasteiger partial charge in [-0.15, -0.1) is 0 Å². The molecule has 6 heteroatoms. The number of rotatable bonds is 3. The van der Waals surface area contributed by atoms with Gasteiger partial charge in [-0.05, 0) is 56.2 Å². The minimum atomic E-state index is -0.0539. The monoisotopic (exact) mass is 305 g/mol. The van der Waals surface area contributed by atoms with E-state index in [1.54, 1.807) is 12.1 Å². The molecule has 1 heterocycles. The predicted molar refractivity (Wildman–Crippen MR) is 82.5 cm³/mol. The van der Waals surface area contributed by atoms with Crippen LogP contribution in [0.25, 0.3) is 0 Å². The molecule has 5 nitrogen and oxygen atoms in total. The molecular formula is C15H16ClN3O2. The first-order chi connectivity index (χ1) is 9.92. The summed E-state index contributed by atoms with van der Waals surface area (Å²) >= 11 is 6.01. The number of nitrogens with two attached hydrogens (primary N) is 1. The van der Waals surface area contributed by atoms with E-state index in [2.05, 4.69) is 10.1 Å².